The summed E-state index contributed by atoms with van der Waals surface area (Å²) in [5.74, 6) is -0.986. The van der Waals surface area contributed by atoms with Crippen molar-refractivity contribution in [3.63, 3.8) is 0 Å². The summed E-state index contributed by atoms with van der Waals surface area (Å²) in [6, 6.07) is 0. The molecule has 1 atom stereocenters. The van der Waals surface area contributed by atoms with E-state index in [-0.39, 0.29) is 31.1 Å². The summed E-state index contributed by atoms with van der Waals surface area (Å²) in [7, 11) is 0. The molecule has 0 amide bonds. The van der Waals surface area contributed by atoms with Crippen molar-refractivity contribution in [1.29, 1.82) is 0 Å². The van der Waals surface area contributed by atoms with Gasteiger partial charge in [0.1, 0.15) is 13.2 Å². The highest BCUT2D eigenvalue weighted by Crippen LogP contribution is 2.12. The first-order valence-corrected chi connectivity index (χ1v) is 24.7. The molecular formula is C55H90O6. The number of unbranched alkanes of at least 4 members (excludes halogenated alkanes) is 16. The van der Waals surface area contributed by atoms with Gasteiger partial charge in [0.2, 0.25) is 0 Å². The molecule has 0 unspecified atom stereocenters. The summed E-state index contributed by atoms with van der Waals surface area (Å²) in [6.45, 7) is 6.37. The first-order valence-electron chi connectivity index (χ1n) is 24.7. The minimum absolute atomic E-state index is 0.107. The maximum absolute atomic E-state index is 12.7. The average molecular weight is 847 g/mol. The fourth-order valence-corrected chi connectivity index (χ4v) is 6.30. The Balaban J connectivity index is 4.49. The van der Waals surface area contributed by atoms with Crippen LogP contribution < -0.4 is 0 Å². The molecule has 61 heavy (non-hydrogen) atoms. The fourth-order valence-electron chi connectivity index (χ4n) is 6.30. The number of hydrogen-bond acceptors (Lipinski definition) is 6. The topological polar surface area (TPSA) is 78.9 Å². The van der Waals surface area contributed by atoms with Crippen LogP contribution in [-0.2, 0) is 28.6 Å². The Kier molecular flexibility index (Phi) is 46.0. The second kappa shape index (κ2) is 49.0. The molecule has 6 nitrogen and oxygen atoms in total. The lowest BCUT2D eigenvalue weighted by Crippen LogP contribution is -2.30. The van der Waals surface area contributed by atoms with Gasteiger partial charge in [-0.15, -0.1) is 0 Å². The first kappa shape index (κ1) is 57.3. The zero-order chi connectivity index (χ0) is 44.4. The SMILES string of the molecule is CC/C=C\C/C=C\C/C=C\C/C=C\CCCCC(=O)OC[C@H](COC(=O)CCCCCC/C=C\C/C=C\C/C=C\CCCCC)OC(=O)CCCCCCC/C=C\CCCC. The van der Waals surface area contributed by atoms with E-state index in [0.717, 1.165) is 122 Å². The maximum Gasteiger partial charge on any atom is 0.306 e. The maximum atomic E-state index is 12.7. The van der Waals surface area contributed by atoms with Crippen molar-refractivity contribution in [2.75, 3.05) is 13.2 Å². The Morgan fingerprint density at radius 1 is 0.344 bits per heavy atom. The van der Waals surface area contributed by atoms with Crippen LogP contribution in [-0.4, -0.2) is 37.2 Å². The zero-order valence-electron chi connectivity index (χ0n) is 39.4. The van der Waals surface area contributed by atoms with E-state index in [2.05, 4.69) is 118 Å². The molecule has 6 heteroatoms. The smallest absolute Gasteiger partial charge is 0.306 e. The van der Waals surface area contributed by atoms with Crippen molar-refractivity contribution in [1.82, 2.24) is 0 Å². The van der Waals surface area contributed by atoms with Gasteiger partial charge in [0.25, 0.3) is 0 Å². The van der Waals surface area contributed by atoms with Crippen molar-refractivity contribution >= 4 is 17.9 Å². The summed E-state index contributed by atoms with van der Waals surface area (Å²) in [5, 5.41) is 0. The van der Waals surface area contributed by atoms with Gasteiger partial charge in [0.05, 0.1) is 0 Å². The van der Waals surface area contributed by atoms with Crippen LogP contribution in [0.5, 0.6) is 0 Å². The summed E-state index contributed by atoms with van der Waals surface area (Å²) < 4.78 is 16.7. The molecule has 0 aromatic carbocycles. The lowest BCUT2D eigenvalue weighted by molar-refractivity contribution is -0.167. The predicted octanol–water partition coefficient (Wildman–Crippen LogP) is 16.2. The van der Waals surface area contributed by atoms with Crippen molar-refractivity contribution in [3.05, 3.63) is 97.2 Å². The third-order valence-electron chi connectivity index (χ3n) is 10.0. The molecule has 346 valence electrons. The number of ether oxygens (including phenoxy) is 3. The van der Waals surface area contributed by atoms with E-state index < -0.39 is 6.10 Å². The highest BCUT2D eigenvalue weighted by atomic mass is 16.6. The van der Waals surface area contributed by atoms with Crippen LogP contribution >= 0.6 is 0 Å². The van der Waals surface area contributed by atoms with E-state index in [1.54, 1.807) is 0 Å². The number of hydrogen-bond donors (Lipinski definition) is 0. The normalized spacial score (nSPS) is 12.9. The number of carbonyl (C=O) groups excluding carboxylic acids is 3. The third-order valence-corrected chi connectivity index (χ3v) is 10.0. The average Bonchev–Trinajstić information content (AvgIpc) is 3.26. The number of carbonyl (C=O) groups is 3. The van der Waals surface area contributed by atoms with Gasteiger partial charge >= 0.3 is 17.9 Å². The zero-order valence-corrected chi connectivity index (χ0v) is 39.4. The molecule has 0 spiro atoms. The minimum Gasteiger partial charge on any atom is -0.462 e. The van der Waals surface area contributed by atoms with Crippen LogP contribution in [0.25, 0.3) is 0 Å². The highest BCUT2D eigenvalue weighted by molar-refractivity contribution is 5.71. The van der Waals surface area contributed by atoms with E-state index in [0.29, 0.717) is 19.3 Å². The van der Waals surface area contributed by atoms with Gasteiger partial charge < -0.3 is 14.2 Å². The summed E-state index contributed by atoms with van der Waals surface area (Å²) in [5.41, 5.74) is 0. The van der Waals surface area contributed by atoms with Crippen molar-refractivity contribution in [2.45, 2.75) is 219 Å². The molecule has 0 radical (unpaired) electrons. The monoisotopic (exact) mass is 847 g/mol. The van der Waals surface area contributed by atoms with E-state index in [4.69, 9.17) is 14.2 Å². The van der Waals surface area contributed by atoms with Crippen LogP contribution in [0.15, 0.2) is 97.2 Å². The molecule has 0 saturated carbocycles. The van der Waals surface area contributed by atoms with Gasteiger partial charge in [-0.1, -0.05) is 176 Å². The van der Waals surface area contributed by atoms with Crippen LogP contribution in [0.3, 0.4) is 0 Å². The minimum atomic E-state index is -0.807. The fraction of sp³-hybridized carbons (Fsp3) is 0.655. The van der Waals surface area contributed by atoms with Crippen LogP contribution in [0, 0.1) is 0 Å². The van der Waals surface area contributed by atoms with Crippen molar-refractivity contribution in [3.8, 4) is 0 Å². The molecule has 0 rings (SSSR count). The second-order valence-corrected chi connectivity index (χ2v) is 16.0. The Hall–Kier alpha value is -3.67. The molecule has 0 saturated heterocycles. The molecule has 0 fully saturated rings. The van der Waals surface area contributed by atoms with Gasteiger partial charge in [-0.3, -0.25) is 14.4 Å². The van der Waals surface area contributed by atoms with Crippen LogP contribution in [0.2, 0.25) is 0 Å². The first-order chi connectivity index (χ1) is 30.0. The second-order valence-electron chi connectivity index (χ2n) is 16.0. The number of rotatable bonds is 43. The molecule has 0 aliphatic carbocycles. The summed E-state index contributed by atoms with van der Waals surface area (Å²) >= 11 is 0. The number of esters is 3. The molecule has 0 aromatic rings. The van der Waals surface area contributed by atoms with E-state index in [1.165, 1.54) is 51.4 Å². The summed E-state index contributed by atoms with van der Waals surface area (Å²) in [4.78, 5) is 37.9. The van der Waals surface area contributed by atoms with E-state index >= 15 is 0 Å². The molecule has 0 heterocycles. The van der Waals surface area contributed by atoms with Gasteiger partial charge in [-0.2, -0.15) is 0 Å². The largest absolute Gasteiger partial charge is 0.462 e. The molecule has 0 aromatic heterocycles. The third kappa shape index (κ3) is 47.2. The van der Waals surface area contributed by atoms with Gasteiger partial charge in [0, 0.05) is 19.3 Å². The van der Waals surface area contributed by atoms with Gasteiger partial charge in [0.15, 0.2) is 6.10 Å². The van der Waals surface area contributed by atoms with Gasteiger partial charge in [-0.05, 0) is 116 Å². The molecule has 0 bridgehead atoms. The van der Waals surface area contributed by atoms with Crippen LogP contribution in [0.1, 0.15) is 213 Å². The van der Waals surface area contributed by atoms with Crippen molar-refractivity contribution in [2.24, 2.45) is 0 Å². The predicted molar refractivity (Wildman–Crippen MR) is 260 cm³/mol. The van der Waals surface area contributed by atoms with E-state index in [9.17, 15) is 14.4 Å². The highest BCUT2D eigenvalue weighted by Gasteiger charge is 2.19. The molecule has 0 aliphatic heterocycles. The van der Waals surface area contributed by atoms with E-state index in [1.807, 2.05) is 0 Å². The lowest BCUT2D eigenvalue weighted by Gasteiger charge is -2.18. The lowest BCUT2D eigenvalue weighted by atomic mass is 10.1. The quantitative estimate of drug-likeness (QED) is 0.0263. The van der Waals surface area contributed by atoms with Gasteiger partial charge in [-0.25, -0.2) is 0 Å². The Morgan fingerprint density at radius 3 is 1.10 bits per heavy atom. The molecular weight excluding hydrogens is 757 g/mol. The number of allylic oxidation sites excluding steroid dienone is 16. The standard InChI is InChI=1S/C55H90O6/c1-4-7-10-13-16-19-22-24-26-27-29-31-34-36-39-42-45-48-54(57)60-51-52(61-55(58)49-46-43-40-37-32-21-18-15-12-9-6-3)50-59-53(56)47-44-41-38-35-33-30-28-25-23-20-17-14-11-8-5-2/h8,11,15-20,24-26,28-29,31,33,35,52H,4-7,9-10,12-14,21-23,27,30,32,34,36-51H2,1-3H3/b11-8-,18-15-,19-16-,20-17-,26-24-,28-25-,31-29-,35-33-/t52-/m1/s1. The van der Waals surface area contributed by atoms with Crippen LogP contribution in [0.4, 0.5) is 0 Å². The Morgan fingerprint density at radius 2 is 0.656 bits per heavy atom. The Bertz CT molecular complexity index is 1250. The molecule has 0 aliphatic rings. The Labute approximate surface area is 375 Å². The van der Waals surface area contributed by atoms with Crippen molar-refractivity contribution < 1.29 is 28.6 Å². The molecule has 0 N–H and O–H groups in total. The summed E-state index contributed by atoms with van der Waals surface area (Å²) in [6.07, 6.45) is 63.9.